The summed E-state index contributed by atoms with van der Waals surface area (Å²) in [5.41, 5.74) is 26.9. The minimum atomic E-state index is -3.28. The maximum Gasteiger partial charge on any atom is 0.159 e. The summed E-state index contributed by atoms with van der Waals surface area (Å²) in [5.74, 6) is 0. The maximum absolute atomic E-state index is 3.28. The van der Waals surface area contributed by atoms with Gasteiger partial charge in [0, 0.05) is 5.54 Å². The quantitative estimate of drug-likeness (QED) is 0.0669. The molecule has 1 aliphatic rings. The van der Waals surface area contributed by atoms with Crippen LogP contribution in [0.3, 0.4) is 0 Å². The zero-order valence-electron chi connectivity index (χ0n) is 44.1. The van der Waals surface area contributed by atoms with Gasteiger partial charge in [0.05, 0.1) is 0 Å². The Morgan fingerprint density at radius 2 is 0.438 bits per heavy atom. The minimum Gasteiger partial charge on any atom is -0.0647 e. The molecule has 0 aliphatic heterocycles. The van der Waals surface area contributed by atoms with Crippen molar-refractivity contribution in [1.29, 1.82) is 0 Å². The molecule has 0 nitrogen and oxygen atoms in total. The van der Waals surface area contributed by atoms with Gasteiger partial charge in [0.25, 0.3) is 0 Å². The lowest BCUT2D eigenvalue weighted by atomic mass is 9.93. The second kappa shape index (κ2) is 21.8. The molecule has 0 bridgehead atoms. The molecule has 0 amide bonds. The molecule has 0 saturated heterocycles. The molecule has 0 aromatic heterocycles. The second-order valence-electron chi connectivity index (χ2n) is 21.1. The Balaban J connectivity index is 1.37. The fraction of sp³-hybridized carbons (Fsp3) is 0.194. The highest BCUT2D eigenvalue weighted by atomic mass is 28.3. The summed E-state index contributed by atoms with van der Waals surface area (Å²) in [6.07, 6.45) is 5.24. The van der Waals surface area contributed by atoms with Gasteiger partial charge in [0.1, 0.15) is 0 Å². The van der Waals surface area contributed by atoms with Gasteiger partial charge in [-0.25, -0.2) is 0 Å². The summed E-state index contributed by atoms with van der Waals surface area (Å²) in [7, 11) is -3.28. The molecule has 0 saturated carbocycles. The van der Waals surface area contributed by atoms with E-state index in [9.17, 15) is 0 Å². The molecule has 9 aromatic carbocycles. The van der Waals surface area contributed by atoms with Gasteiger partial charge in [0.2, 0.25) is 0 Å². The Morgan fingerprint density at radius 1 is 0.260 bits per heavy atom. The first kappa shape index (κ1) is 49.3. The van der Waals surface area contributed by atoms with E-state index < -0.39 is 8.07 Å². The lowest BCUT2D eigenvalue weighted by Gasteiger charge is -2.43. The highest BCUT2D eigenvalue weighted by Crippen LogP contribution is 2.47. The van der Waals surface area contributed by atoms with Gasteiger partial charge in [-0.2, -0.15) is 0 Å². The van der Waals surface area contributed by atoms with Gasteiger partial charge in [-0.3, -0.25) is 0 Å². The predicted molar refractivity (Wildman–Crippen MR) is 314 cm³/mol. The minimum absolute atomic E-state index is 0.179. The van der Waals surface area contributed by atoms with Crippen molar-refractivity contribution < 1.29 is 0 Å². The Labute approximate surface area is 437 Å². The normalized spacial score (nSPS) is 13.0. The number of benzene rings is 9. The maximum atomic E-state index is 2.72. The van der Waals surface area contributed by atoms with Crippen LogP contribution in [0.15, 0.2) is 241 Å². The summed E-state index contributed by atoms with van der Waals surface area (Å²) >= 11 is 0. The van der Waals surface area contributed by atoms with Crippen LogP contribution >= 0.6 is 0 Å². The molecule has 0 atom stereocenters. The van der Waals surface area contributed by atoms with Crippen LogP contribution in [0.5, 0.6) is 0 Å². The van der Waals surface area contributed by atoms with E-state index >= 15 is 0 Å². The van der Waals surface area contributed by atoms with Crippen molar-refractivity contribution >= 4 is 23.6 Å². The fourth-order valence-electron chi connectivity index (χ4n) is 12.2. The molecule has 73 heavy (non-hydrogen) atoms. The summed E-state index contributed by atoms with van der Waals surface area (Å²) in [4.78, 5) is 0. The third-order valence-corrected chi connectivity index (χ3v) is 22.0. The molecule has 10 rings (SSSR count). The van der Waals surface area contributed by atoms with Gasteiger partial charge < -0.3 is 0 Å². The first-order chi connectivity index (χ1) is 35.6. The summed E-state index contributed by atoms with van der Waals surface area (Å²) < 4.78 is 0. The Bertz CT molecular complexity index is 2880. The van der Waals surface area contributed by atoms with Crippen LogP contribution in [-0.4, -0.2) is 8.07 Å². The zero-order chi connectivity index (χ0) is 50.5. The topological polar surface area (TPSA) is 0 Å². The Hall–Kier alpha value is -7.32. The average molecular weight is 963 g/mol. The molecule has 362 valence electrons. The van der Waals surface area contributed by atoms with Gasteiger partial charge in [-0.15, -0.1) is 0 Å². The lowest BCUT2D eigenvalue weighted by Crippen LogP contribution is -2.70. The first-order valence-corrected chi connectivity index (χ1v) is 28.6. The molecule has 0 radical (unpaired) electrons. The van der Waals surface area contributed by atoms with Crippen molar-refractivity contribution in [2.45, 2.75) is 92.5 Å². The summed E-state index contributed by atoms with van der Waals surface area (Å²) in [6.45, 7) is 17.0. The molecule has 1 heteroatoms. The number of allylic oxidation sites excluding steroid dienone is 4. The third kappa shape index (κ3) is 10.4. The van der Waals surface area contributed by atoms with E-state index in [1.54, 1.807) is 0 Å². The van der Waals surface area contributed by atoms with E-state index in [-0.39, 0.29) is 5.54 Å². The SMILES string of the molecule is CC1=C(C)C([Si](c2cc(Cc3ccccc3)c(C)c(Cc3ccccc3)c2)(c2cc(Cc3ccccc3)c(C)c(Cc3ccccc3)c2)c2cc(Cc3ccccc3)c(C)c(Cc3ccccc3)c2)C(C)=C1C. The smallest absolute Gasteiger partial charge is 0.0647 e. The van der Waals surface area contributed by atoms with Crippen molar-refractivity contribution in [2.75, 3.05) is 0 Å². The molecule has 0 fully saturated rings. The van der Waals surface area contributed by atoms with Crippen molar-refractivity contribution in [3.63, 3.8) is 0 Å². The van der Waals surface area contributed by atoms with E-state index in [0.29, 0.717) is 0 Å². The molecular formula is C72H70Si. The molecule has 0 heterocycles. The largest absolute Gasteiger partial charge is 0.159 e. The highest BCUT2D eigenvalue weighted by molar-refractivity contribution is 7.13. The first-order valence-electron chi connectivity index (χ1n) is 26.5. The Morgan fingerprint density at radius 3 is 0.616 bits per heavy atom. The molecule has 0 N–H and O–H groups in total. The van der Waals surface area contributed by atoms with E-state index in [2.05, 4.69) is 267 Å². The van der Waals surface area contributed by atoms with E-state index in [4.69, 9.17) is 0 Å². The molecule has 0 unspecified atom stereocenters. The fourth-order valence-corrected chi connectivity index (χ4v) is 18.3. The van der Waals surface area contributed by atoms with Crippen LogP contribution in [0.1, 0.15) is 111 Å². The van der Waals surface area contributed by atoms with E-state index in [1.807, 2.05) is 0 Å². The van der Waals surface area contributed by atoms with Crippen LogP contribution < -0.4 is 15.6 Å². The van der Waals surface area contributed by atoms with Crippen molar-refractivity contribution in [1.82, 2.24) is 0 Å². The summed E-state index contributed by atoms with van der Waals surface area (Å²) in [5, 5.41) is 4.50. The van der Waals surface area contributed by atoms with Crippen LogP contribution in [0.2, 0.25) is 5.54 Å². The lowest BCUT2D eigenvalue weighted by molar-refractivity contribution is 1.06. The van der Waals surface area contributed by atoms with Crippen molar-refractivity contribution in [2.24, 2.45) is 0 Å². The van der Waals surface area contributed by atoms with E-state index in [0.717, 1.165) is 38.5 Å². The molecule has 9 aromatic rings. The molecular weight excluding hydrogens is 893 g/mol. The zero-order valence-corrected chi connectivity index (χ0v) is 45.1. The van der Waals surface area contributed by atoms with Crippen LogP contribution in [0.25, 0.3) is 0 Å². The third-order valence-electron chi connectivity index (χ3n) is 16.7. The molecule has 1 aliphatic carbocycles. The number of hydrogen-bond donors (Lipinski definition) is 0. The van der Waals surface area contributed by atoms with Crippen LogP contribution in [-0.2, 0) is 38.5 Å². The highest BCUT2D eigenvalue weighted by Gasteiger charge is 2.51. The molecule has 0 spiro atoms. The monoisotopic (exact) mass is 963 g/mol. The van der Waals surface area contributed by atoms with Gasteiger partial charge >= 0.3 is 0 Å². The van der Waals surface area contributed by atoms with Crippen molar-refractivity contribution in [3.8, 4) is 0 Å². The van der Waals surface area contributed by atoms with Gasteiger partial charge in [0.15, 0.2) is 8.07 Å². The van der Waals surface area contributed by atoms with Gasteiger partial charge in [-0.05, 0) is 197 Å². The van der Waals surface area contributed by atoms with E-state index in [1.165, 1.54) is 121 Å². The van der Waals surface area contributed by atoms with Crippen LogP contribution in [0, 0.1) is 20.8 Å². The Kier molecular flexibility index (Phi) is 14.7. The standard InChI is InChI=1S/C72H70Si/c1-50-51(2)53(4)72(52(50)3)73(69-44-63(38-57-26-14-8-15-27-57)54(5)64(45-69)39-58-28-16-9-17-29-58,70-46-65(40-59-30-18-10-19-31-59)55(6)66(47-70)41-60-32-20-11-21-33-60)71-48-67(42-61-34-22-12-23-35-61)56(7)68(49-71)43-62-36-24-13-25-37-62/h8-37,44-49,72H,38-43H2,1-7H3. The number of rotatable bonds is 16. The van der Waals surface area contributed by atoms with Crippen molar-refractivity contribution in [3.05, 3.63) is 324 Å². The van der Waals surface area contributed by atoms with Crippen LogP contribution in [0.4, 0.5) is 0 Å². The predicted octanol–water partition coefficient (Wildman–Crippen LogP) is 15.7. The number of hydrogen-bond acceptors (Lipinski definition) is 0. The summed E-state index contributed by atoms with van der Waals surface area (Å²) in [6, 6.07) is 83.4. The van der Waals surface area contributed by atoms with Gasteiger partial charge in [-0.1, -0.05) is 230 Å². The second-order valence-corrected chi connectivity index (χ2v) is 25.0. The average Bonchev–Trinajstić information content (AvgIpc) is 3.61.